The lowest BCUT2D eigenvalue weighted by Gasteiger charge is -2.05. The van der Waals surface area contributed by atoms with E-state index in [0.29, 0.717) is 15.6 Å². The number of benzene rings is 1. The fraction of sp³-hybridized carbons (Fsp3) is 0.214. The summed E-state index contributed by atoms with van der Waals surface area (Å²) < 4.78 is 13.9. The van der Waals surface area contributed by atoms with Gasteiger partial charge in [0.2, 0.25) is 0 Å². The standard InChI is InChI=1S/C14H13FN2OS/c1-8-6-9(2)17-14(16-8)19-13-5-4-11(10(3)18)7-12(13)15/h4-7H,1-3H3. The summed E-state index contributed by atoms with van der Waals surface area (Å²) in [5, 5.41) is 0.506. The van der Waals surface area contributed by atoms with Gasteiger partial charge >= 0.3 is 0 Å². The highest BCUT2D eigenvalue weighted by Gasteiger charge is 2.10. The Balaban J connectivity index is 2.30. The molecule has 2 rings (SSSR count). The Bertz CT molecular complexity index is 623. The average molecular weight is 276 g/mol. The highest BCUT2D eigenvalue weighted by Crippen LogP contribution is 2.28. The van der Waals surface area contributed by atoms with Crippen molar-refractivity contribution in [1.29, 1.82) is 0 Å². The van der Waals surface area contributed by atoms with Crippen LogP contribution in [-0.4, -0.2) is 15.8 Å². The molecule has 98 valence electrons. The van der Waals surface area contributed by atoms with E-state index < -0.39 is 5.82 Å². The summed E-state index contributed by atoms with van der Waals surface area (Å²) in [5.74, 6) is -0.585. The Morgan fingerprint density at radius 1 is 1.16 bits per heavy atom. The Morgan fingerprint density at radius 3 is 2.32 bits per heavy atom. The minimum absolute atomic E-state index is 0.155. The number of aromatic nitrogens is 2. The van der Waals surface area contributed by atoms with Gasteiger partial charge in [-0.2, -0.15) is 0 Å². The minimum atomic E-state index is -0.430. The van der Waals surface area contributed by atoms with Crippen LogP contribution >= 0.6 is 11.8 Å². The van der Waals surface area contributed by atoms with Crippen LogP contribution < -0.4 is 0 Å². The monoisotopic (exact) mass is 276 g/mol. The predicted molar refractivity (Wildman–Crippen MR) is 72.0 cm³/mol. The molecule has 0 unspecified atom stereocenters. The Labute approximate surface area is 115 Å². The molecule has 0 N–H and O–H groups in total. The largest absolute Gasteiger partial charge is 0.295 e. The number of nitrogens with zero attached hydrogens (tertiary/aromatic N) is 2. The van der Waals surface area contributed by atoms with E-state index in [1.807, 2.05) is 19.9 Å². The number of hydrogen-bond donors (Lipinski definition) is 0. The van der Waals surface area contributed by atoms with Crippen LogP contribution in [0, 0.1) is 19.7 Å². The third kappa shape index (κ3) is 3.38. The molecule has 0 spiro atoms. The van der Waals surface area contributed by atoms with Gasteiger partial charge in [-0.15, -0.1) is 0 Å². The molecule has 1 aromatic carbocycles. The molecule has 0 radical (unpaired) electrons. The maximum absolute atomic E-state index is 13.9. The van der Waals surface area contributed by atoms with Crippen LogP contribution in [0.1, 0.15) is 28.7 Å². The van der Waals surface area contributed by atoms with Crippen molar-refractivity contribution in [3.63, 3.8) is 0 Å². The first kappa shape index (κ1) is 13.7. The normalized spacial score (nSPS) is 10.5. The molecule has 19 heavy (non-hydrogen) atoms. The van der Waals surface area contributed by atoms with Gasteiger partial charge in [-0.25, -0.2) is 14.4 Å². The summed E-state index contributed by atoms with van der Waals surface area (Å²) in [6, 6.07) is 6.29. The maximum atomic E-state index is 13.9. The van der Waals surface area contributed by atoms with Gasteiger partial charge < -0.3 is 0 Å². The minimum Gasteiger partial charge on any atom is -0.295 e. The molecule has 3 nitrogen and oxygen atoms in total. The molecule has 0 aliphatic heterocycles. The van der Waals surface area contributed by atoms with E-state index in [-0.39, 0.29) is 5.78 Å². The van der Waals surface area contributed by atoms with Crippen molar-refractivity contribution >= 4 is 17.5 Å². The van der Waals surface area contributed by atoms with E-state index >= 15 is 0 Å². The first-order chi connectivity index (χ1) is 8.95. The van der Waals surface area contributed by atoms with Crippen molar-refractivity contribution in [1.82, 2.24) is 9.97 Å². The van der Waals surface area contributed by atoms with Gasteiger partial charge in [0, 0.05) is 17.0 Å². The van der Waals surface area contributed by atoms with Crippen molar-refractivity contribution < 1.29 is 9.18 Å². The summed E-state index contributed by atoms with van der Waals surface area (Å²) in [5.41, 5.74) is 2.05. The Hall–Kier alpha value is -1.75. The summed E-state index contributed by atoms with van der Waals surface area (Å²) in [4.78, 5) is 20.1. The van der Waals surface area contributed by atoms with Gasteiger partial charge in [-0.05, 0) is 50.7 Å². The Morgan fingerprint density at radius 2 is 1.79 bits per heavy atom. The first-order valence-electron chi connectivity index (χ1n) is 5.76. The predicted octanol–water partition coefficient (Wildman–Crippen LogP) is 3.59. The molecule has 0 amide bonds. The lowest BCUT2D eigenvalue weighted by molar-refractivity contribution is 0.101. The molecule has 0 saturated heterocycles. The molecule has 5 heteroatoms. The zero-order valence-corrected chi connectivity index (χ0v) is 11.7. The number of Topliss-reactive ketones (excluding diaryl/α,β-unsaturated/α-hetero) is 1. The molecular weight excluding hydrogens is 263 g/mol. The van der Waals surface area contributed by atoms with Crippen LogP contribution in [0.15, 0.2) is 34.3 Å². The summed E-state index contributed by atoms with van der Waals surface area (Å²) in [6.07, 6.45) is 0. The number of rotatable bonds is 3. The molecule has 0 fully saturated rings. The molecule has 0 atom stereocenters. The summed E-state index contributed by atoms with van der Waals surface area (Å²) in [7, 11) is 0. The van der Waals surface area contributed by atoms with Crippen molar-refractivity contribution in [2.24, 2.45) is 0 Å². The van der Waals surface area contributed by atoms with E-state index in [9.17, 15) is 9.18 Å². The average Bonchev–Trinajstić information content (AvgIpc) is 2.30. The topological polar surface area (TPSA) is 42.9 Å². The summed E-state index contributed by atoms with van der Waals surface area (Å²) in [6.45, 7) is 5.15. The fourth-order valence-corrected chi connectivity index (χ4v) is 2.51. The molecule has 0 bridgehead atoms. The van der Waals surface area contributed by atoms with Gasteiger partial charge in [0.1, 0.15) is 5.82 Å². The highest BCUT2D eigenvalue weighted by molar-refractivity contribution is 7.99. The third-order valence-electron chi connectivity index (χ3n) is 2.50. The lowest BCUT2D eigenvalue weighted by atomic mass is 10.1. The van der Waals surface area contributed by atoms with E-state index in [1.165, 1.54) is 13.0 Å². The Kier molecular flexibility index (Phi) is 3.95. The van der Waals surface area contributed by atoms with Gasteiger partial charge in [0.05, 0.1) is 4.90 Å². The molecule has 1 heterocycles. The number of aryl methyl sites for hydroxylation is 2. The second-order valence-corrected chi connectivity index (χ2v) is 5.25. The number of halogens is 1. The van der Waals surface area contributed by atoms with Crippen LogP contribution in [-0.2, 0) is 0 Å². The van der Waals surface area contributed by atoms with Gasteiger partial charge in [-0.1, -0.05) is 6.07 Å². The SMILES string of the molecule is CC(=O)c1ccc(Sc2nc(C)cc(C)n2)c(F)c1. The number of hydrogen-bond acceptors (Lipinski definition) is 4. The van der Waals surface area contributed by atoms with Crippen molar-refractivity contribution in [3.8, 4) is 0 Å². The van der Waals surface area contributed by atoms with Crippen molar-refractivity contribution in [2.45, 2.75) is 30.8 Å². The van der Waals surface area contributed by atoms with E-state index in [1.54, 1.807) is 12.1 Å². The zero-order valence-electron chi connectivity index (χ0n) is 10.9. The maximum Gasteiger partial charge on any atom is 0.192 e. The molecule has 0 aliphatic rings. The molecule has 2 aromatic rings. The van der Waals surface area contributed by atoms with E-state index in [2.05, 4.69) is 9.97 Å². The van der Waals surface area contributed by atoms with Crippen LogP contribution in [0.2, 0.25) is 0 Å². The molecule has 0 aliphatic carbocycles. The molecule has 0 saturated carbocycles. The van der Waals surface area contributed by atoms with Crippen molar-refractivity contribution in [3.05, 3.63) is 47.0 Å². The second-order valence-electron chi connectivity index (χ2n) is 4.24. The van der Waals surface area contributed by atoms with Crippen LogP contribution in [0.3, 0.4) is 0 Å². The van der Waals surface area contributed by atoms with Crippen LogP contribution in [0.4, 0.5) is 4.39 Å². The molecular formula is C14H13FN2OS. The van der Waals surface area contributed by atoms with Gasteiger partial charge in [0.15, 0.2) is 10.9 Å². The highest BCUT2D eigenvalue weighted by atomic mass is 32.2. The quantitative estimate of drug-likeness (QED) is 0.634. The van der Waals surface area contributed by atoms with Crippen LogP contribution in [0.25, 0.3) is 0 Å². The van der Waals surface area contributed by atoms with Gasteiger partial charge in [-0.3, -0.25) is 4.79 Å². The summed E-state index contributed by atoms with van der Waals surface area (Å²) >= 11 is 1.15. The zero-order chi connectivity index (χ0) is 14.0. The smallest absolute Gasteiger partial charge is 0.192 e. The van der Waals surface area contributed by atoms with E-state index in [0.717, 1.165) is 23.1 Å². The van der Waals surface area contributed by atoms with Gasteiger partial charge in [0.25, 0.3) is 0 Å². The lowest BCUT2D eigenvalue weighted by Crippen LogP contribution is -1.96. The van der Waals surface area contributed by atoms with Crippen molar-refractivity contribution in [2.75, 3.05) is 0 Å². The first-order valence-corrected chi connectivity index (χ1v) is 6.58. The fourth-order valence-electron chi connectivity index (χ4n) is 1.64. The molecule has 1 aromatic heterocycles. The number of carbonyl (C=O) groups is 1. The third-order valence-corrected chi connectivity index (χ3v) is 3.42. The number of carbonyl (C=O) groups excluding carboxylic acids is 1. The second kappa shape index (κ2) is 5.48. The number of ketones is 1. The van der Waals surface area contributed by atoms with Crippen LogP contribution in [0.5, 0.6) is 0 Å². The van der Waals surface area contributed by atoms with E-state index in [4.69, 9.17) is 0 Å².